The van der Waals surface area contributed by atoms with E-state index in [9.17, 15) is 9.59 Å². The molecule has 1 N–H and O–H groups in total. The number of aliphatic carboxylic acids is 1. The van der Waals surface area contributed by atoms with E-state index < -0.39 is 5.97 Å². The summed E-state index contributed by atoms with van der Waals surface area (Å²) < 4.78 is 5.07. The van der Waals surface area contributed by atoms with Gasteiger partial charge in [0.25, 0.3) is 0 Å². The Balaban J connectivity index is 2.45. The van der Waals surface area contributed by atoms with Gasteiger partial charge in [-0.15, -0.1) is 0 Å². The Morgan fingerprint density at radius 3 is 2.93 bits per heavy atom. The van der Waals surface area contributed by atoms with Crippen LogP contribution in [0.1, 0.15) is 13.3 Å². The van der Waals surface area contributed by atoms with Crippen LogP contribution in [-0.4, -0.2) is 41.6 Å². The van der Waals surface area contributed by atoms with Gasteiger partial charge in [-0.1, -0.05) is 0 Å². The number of carbonyl (C=O) groups is 2. The van der Waals surface area contributed by atoms with Gasteiger partial charge in [-0.3, -0.25) is 4.79 Å². The topological polar surface area (TPSA) is 66.8 Å². The summed E-state index contributed by atoms with van der Waals surface area (Å²) in [5.41, 5.74) is 0.145. The molecule has 0 radical (unpaired) electrons. The van der Waals surface area contributed by atoms with Crippen LogP contribution in [0.2, 0.25) is 0 Å². The molecule has 1 aliphatic rings. The second kappa shape index (κ2) is 4.76. The SMILES string of the molecule is CCOCCN1C=C(C(=O)O)CC1=O. The second-order valence-electron chi connectivity index (χ2n) is 2.92. The Labute approximate surface area is 82.0 Å². The fourth-order valence-electron chi connectivity index (χ4n) is 1.20. The molecule has 1 aliphatic heterocycles. The first-order chi connectivity index (χ1) is 6.65. The summed E-state index contributed by atoms with van der Waals surface area (Å²) >= 11 is 0. The van der Waals surface area contributed by atoms with E-state index in [0.29, 0.717) is 19.8 Å². The minimum atomic E-state index is -1.03. The van der Waals surface area contributed by atoms with Gasteiger partial charge in [0.2, 0.25) is 5.91 Å². The van der Waals surface area contributed by atoms with E-state index in [1.54, 1.807) is 0 Å². The number of hydrogen-bond acceptors (Lipinski definition) is 3. The molecule has 5 nitrogen and oxygen atoms in total. The van der Waals surface area contributed by atoms with Crippen molar-refractivity contribution in [1.29, 1.82) is 0 Å². The zero-order chi connectivity index (χ0) is 10.6. The van der Waals surface area contributed by atoms with E-state index in [4.69, 9.17) is 9.84 Å². The molecule has 0 unspecified atom stereocenters. The monoisotopic (exact) mass is 199 g/mol. The molecular weight excluding hydrogens is 186 g/mol. The van der Waals surface area contributed by atoms with Gasteiger partial charge in [0, 0.05) is 19.4 Å². The van der Waals surface area contributed by atoms with Crippen molar-refractivity contribution < 1.29 is 19.4 Å². The minimum Gasteiger partial charge on any atom is -0.478 e. The van der Waals surface area contributed by atoms with Gasteiger partial charge in [-0.2, -0.15) is 0 Å². The standard InChI is InChI=1S/C9H13NO4/c1-2-14-4-3-10-6-7(9(12)13)5-8(10)11/h6H,2-5H2,1H3,(H,12,13). The summed E-state index contributed by atoms with van der Waals surface area (Å²) in [4.78, 5) is 23.2. The van der Waals surface area contributed by atoms with Gasteiger partial charge in [-0.05, 0) is 6.92 Å². The third-order valence-corrected chi connectivity index (χ3v) is 1.93. The number of rotatable bonds is 5. The van der Waals surface area contributed by atoms with Gasteiger partial charge in [0.05, 0.1) is 18.6 Å². The van der Waals surface area contributed by atoms with E-state index in [-0.39, 0.29) is 17.9 Å². The van der Waals surface area contributed by atoms with Gasteiger partial charge in [-0.25, -0.2) is 4.79 Å². The van der Waals surface area contributed by atoms with Crippen LogP contribution in [0.25, 0.3) is 0 Å². The molecule has 1 amide bonds. The van der Waals surface area contributed by atoms with Crippen molar-refractivity contribution in [2.45, 2.75) is 13.3 Å². The Kier molecular flexibility index (Phi) is 3.64. The Morgan fingerprint density at radius 1 is 1.71 bits per heavy atom. The number of carboxylic acid groups (broad SMARTS) is 1. The number of carboxylic acids is 1. The van der Waals surface area contributed by atoms with Crippen molar-refractivity contribution in [2.75, 3.05) is 19.8 Å². The first-order valence-corrected chi connectivity index (χ1v) is 4.46. The third-order valence-electron chi connectivity index (χ3n) is 1.93. The van der Waals surface area contributed by atoms with Crippen LogP contribution in [0.4, 0.5) is 0 Å². The van der Waals surface area contributed by atoms with E-state index in [2.05, 4.69) is 0 Å². The molecule has 0 atom stereocenters. The lowest BCUT2D eigenvalue weighted by atomic mass is 10.2. The van der Waals surface area contributed by atoms with E-state index >= 15 is 0 Å². The van der Waals surface area contributed by atoms with Crippen LogP contribution in [0.3, 0.4) is 0 Å². The lowest BCUT2D eigenvalue weighted by molar-refractivity contribution is -0.134. The molecule has 0 saturated carbocycles. The minimum absolute atomic E-state index is 0.0124. The lowest BCUT2D eigenvalue weighted by Gasteiger charge is -2.12. The average Bonchev–Trinajstić information content (AvgIpc) is 2.49. The molecule has 1 rings (SSSR count). The predicted octanol–water partition coefficient (Wildman–Crippen LogP) is 0.224. The molecule has 0 bridgehead atoms. The zero-order valence-electron chi connectivity index (χ0n) is 8.02. The Hall–Kier alpha value is -1.36. The quantitative estimate of drug-likeness (QED) is 0.643. The van der Waals surface area contributed by atoms with Crippen LogP contribution < -0.4 is 0 Å². The van der Waals surface area contributed by atoms with Gasteiger partial charge in [0.1, 0.15) is 0 Å². The van der Waals surface area contributed by atoms with Crippen LogP contribution >= 0.6 is 0 Å². The van der Waals surface area contributed by atoms with Gasteiger partial charge < -0.3 is 14.7 Å². The largest absolute Gasteiger partial charge is 0.478 e. The Bertz CT molecular complexity index is 272. The highest BCUT2D eigenvalue weighted by Gasteiger charge is 2.25. The number of hydrogen-bond donors (Lipinski definition) is 1. The zero-order valence-corrected chi connectivity index (χ0v) is 8.02. The lowest BCUT2D eigenvalue weighted by Crippen LogP contribution is -2.25. The van der Waals surface area contributed by atoms with E-state index in [1.165, 1.54) is 11.1 Å². The maximum Gasteiger partial charge on any atom is 0.333 e. The van der Waals surface area contributed by atoms with Crippen LogP contribution in [0.15, 0.2) is 11.8 Å². The summed E-state index contributed by atoms with van der Waals surface area (Å²) in [6.45, 7) is 3.32. The molecular formula is C9H13NO4. The van der Waals surface area contributed by atoms with Crippen molar-refractivity contribution in [3.8, 4) is 0 Å². The van der Waals surface area contributed by atoms with Crippen molar-refractivity contribution in [2.24, 2.45) is 0 Å². The molecule has 0 aromatic carbocycles. The molecule has 0 saturated heterocycles. The highest BCUT2D eigenvalue weighted by atomic mass is 16.5. The van der Waals surface area contributed by atoms with Crippen molar-refractivity contribution >= 4 is 11.9 Å². The number of amides is 1. The van der Waals surface area contributed by atoms with Crippen LogP contribution in [0, 0.1) is 0 Å². The second-order valence-corrected chi connectivity index (χ2v) is 2.92. The maximum atomic E-state index is 11.2. The predicted molar refractivity (Wildman–Crippen MR) is 48.5 cm³/mol. The summed E-state index contributed by atoms with van der Waals surface area (Å²) in [5.74, 6) is -1.21. The molecule has 0 aliphatic carbocycles. The third kappa shape index (κ3) is 2.56. The first-order valence-electron chi connectivity index (χ1n) is 4.46. The van der Waals surface area contributed by atoms with Gasteiger partial charge in [0.15, 0.2) is 0 Å². The van der Waals surface area contributed by atoms with Crippen LogP contribution in [-0.2, 0) is 14.3 Å². The first kappa shape index (κ1) is 10.7. The number of nitrogens with zero attached hydrogens (tertiary/aromatic N) is 1. The summed E-state index contributed by atoms with van der Waals surface area (Å²) in [7, 11) is 0. The van der Waals surface area contributed by atoms with E-state index in [1.807, 2.05) is 6.92 Å². The normalized spacial score (nSPS) is 15.9. The van der Waals surface area contributed by atoms with E-state index in [0.717, 1.165) is 0 Å². The van der Waals surface area contributed by atoms with Crippen molar-refractivity contribution in [3.63, 3.8) is 0 Å². The molecule has 0 aromatic rings. The molecule has 5 heteroatoms. The van der Waals surface area contributed by atoms with Crippen molar-refractivity contribution in [1.82, 2.24) is 4.90 Å². The smallest absolute Gasteiger partial charge is 0.333 e. The molecule has 0 fully saturated rings. The van der Waals surface area contributed by atoms with Gasteiger partial charge >= 0.3 is 5.97 Å². The maximum absolute atomic E-state index is 11.2. The number of ether oxygens (including phenoxy) is 1. The highest BCUT2D eigenvalue weighted by molar-refractivity contribution is 5.97. The molecule has 0 spiro atoms. The number of carbonyl (C=O) groups excluding carboxylic acids is 1. The fourth-order valence-corrected chi connectivity index (χ4v) is 1.20. The summed E-state index contributed by atoms with van der Waals surface area (Å²) in [5, 5.41) is 8.64. The molecule has 1 heterocycles. The van der Waals surface area contributed by atoms with Crippen molar-refractivity contribution in [3.05, 3.63) is 11.8 Å². The highest BCUT2D eigenvalue weighted by Crippen LogP contribution is 2.15. The average molecular weight is 199 g/mol. The fraction of sp³-hybridized carbons (Fsp3) is 0.556. The molecule has 78 valence electrons. The molecule has 0 aromatic heterocycles. The Morgan fingerprint density at radius 2 is 2.43 bits per heavy atom. The molecule has 14 heavy (non-hydrogen) atoms. The summed E-state index contributed by atoms with van der Waals surface area (Å²) in [6, 6.07) is 0. The summed E-state index contributed by atoms with van der Waals surface area (Å²) in [6.07, 6.45) is 1.37. The van der Waals surface area contributed by atoms with Crippen LogP contribution in [0.5, 0.6) is 0 Å².